The first kappa shape index (κ1) is 16.3. The van der Waals surface area contributed by atoms with Crippen molar-refractivity contribution in [2.45, 2.75) is 6.42 Å². The van der Waals surface area contributed by atoms with E-state index in [1.54, 1.807) is 47.4 Å². The van der Waals surface area contributed by atoms with Gasteiger partial charge in [-0.3, -0.25) is 4.79 Å². The van der Waals surface area contributed by atoms with Crippen molar-refractivity contribution in [3.8, 4) is 5.75 Å². The summed E-state index contributed by atoms with van der Waals surface area (Å²) in [7, 11) is 1.35. The molecular weight excluding hydrogens is 330 g/mol. The number of carbonyl (C=O) groups is 2. The van der Waals surface area contributed by atoms with Gasteiger partial charge in [-0.15, -0.1) is 0 Å². The van der Waals surface area contributed by atoms with Crippen LogP contribution in [-0.2, 0) is 16.0 Å². The number of amides is 1. The second-order valence-electron chi connectivity index (χ2n) is 5.37. The van der Waals surface area contributed by atoms with E-state index in [-0.39, 0.29) is 18.5 Å². The standard InChI is InChI=1S/C18H16ClNO4/c1-23-18(22)13-2-7-16-12(10-13)8-9-20(16)17(21)11-24-15-5-3-14(19)4-6-15/h2-7,10H,8-9,11H2,1H3. The molecule has 1 aliphatic heterocycles. The molecule has 5 nitrogen and oxygen atoms in total. The van der Waals surface area contributed by atoms with Crippen LogP contribution < -0.4 is 9.64 Å². The monoisotopic (exact) mass is 345 g/mol. The van der Waals surface area contributed by atoms with Crippen molar-refractivity contribution in [2.75, 3.05) is 25.2 Å². The van der Waals surface area contributed by atoms with Crippen LogP contribution in [0.1, 0.15) is 15.9 Å². The maximum atomic E-state index is 12.4. The number of benzene rings is 2. The number of carbonyl (C=O) groups excluding carboxylic acids is 2. The van der Waals surface area contributed by atoms with Crippen molar-refractivity contribution in [3.05, 3.63) is 58.6 Å². The zero-order chi connectivity index (χ0) is 17.1. The molecule has 0 saturated carbocycles. The lowest BCUT2D eigenvalue weighted by atomic mass is 10.1. The fourth-order valence-corrected chi connectivity index (χ4v) is 2.79. The number of methoxy groups -OCH3 is 1. The maximum Gasteiger partial charge on any atom is 0.337 e. The Morgan fingerprint density at radius 1 is 1.17 bits per heavy atom. The molecule has 0 unspecified atom stereocenters. The number of hydrogen-bond acceptors (Lipinski definition) is 4. The Kier molecular flexibility index (Phi) is 4.71. The van der Waals surface area contributed by atoms with E-state index in [1.807, 2.05) is 0 Å². The quantitative estimate of drug-likeness (QED) is 0.799. The molecule has 6 heteroatoms. The van der Waals surface area contributed by atoms with Gasteiger partial charge in [0.05, 0.1) is 12.7 Å². The molecular formula is C18H16ClNO4. The lowest BCUT2D eigenvalue weighted by Crippen LogP contribution is -2.33. The molecule has 0 atom stereocenters. The summed E-state index contributed by atoms with van der Waals surface area (Å²) in [6, 6.07) is 12.1. The Labute approximate surface area is 144 Å². The van der Waals surface area contributed by atoms with Gasteiger partial charge in [0.2, 0.25) is 0 Å². The van der Waals surface area contributed by atoms with Crippen LogP contribution in [0.15, 0.2) is 42.5 Å². The highest BCUT2D eigenvalue weighted by atomic mass is 35.5. The second kappa shape index (κ2) is 6.93. The van der Waals surface area contributed by atoms with Crippen LogP contribution >= 0.6 is 11.6 Å². The molecule has 0 radical (unpaired) electrons. The molecule has 124 valence electrons. The predicted octanol–water partition coefficient (Wildman–Crippen LogP) is 3.09. The van der Waals surface area contributed by atoms with Crippen molar-refractivity contribution >= 4 is 29.2 Å². The van der Waals surface area contributed by atoms with Crippen LogP contribution in [0.5, 0.6) is 5.75 Å². The smallest absolute Gasteiger partial charge is 0.337 e. The zero-order valence-electron chi connectivity index (χ0n) is 13.1. The molecule has 1 amide bonds. The molecule has 3 rings (SSSR count). The third kappa shape index (κ3) is 3.36. The highest BCUT2D eigenvalue weighted by molar-refractivity contribution is 6.30. The lowest BCUT2D eigenvalue weighted by molar-refractivity contribution is -0.120. The third-order valence-corrected chi connectivity index (χ3v) is 4.13. The minimum atomic E-state index is -0.381. The van der Waals surface area contributed by atoms with E-state index in [1.165, 1.54) is 7.11 Å². The van der Waals surface area contributed by atoms with E-state index in [0.717, 1.165) is 11.3 Å². The number of anilines is 1. The molecule has 1 heterocycles. The van der Waals surface area contributed by atoms with Gasteiger partial charge in [0, 0.05) is 17.3 Å². The van der Waals surface area contributed by atoms with Gasteiger partial charge in [0.1, 0.15) is 5.75 Å². The normalized spacial score (nSPS) is 12.7. The first-order chi connectivity index (χ1) is 11.6. The Morgan fingerprint density at radius 2 is 1.92 bits per heavy atom. The first-order valence-corrected chi connectivity index (χ1v) is 7.86. The minimum Gasteiger partial charge on any atom is -0.484 e. The van der Waals surface area contributed by atoms with Gasteiger partial charge in [-0.05, 0) is 54.4 Å². The van der Waals surface area contributed by atoms with E-state index in [4.69, 9.17) is 21.1 Å². The fraction of sp³-hybridized carbons (Fsp3) is 0.222. The summed E-state index contributed by atoms with van der Waals surface area (Å²) in [5, 5.41) is 0.614. The van der Waals surface area contributed by atoms with Crippen LogP contribution in [0.2, 0.25) is 5.02 Å². The molecule has 24 heavy (non-hydrogen) atoms. The van der Waals surface area contributed by atoms with E-state index in [0.29, 0.717) is 29.3 Å². The van der Waals surface area contributed by atoms with Crippen molar-refractivity contribution < 1.29 is 19.1 Å². The van der Waals surface area contributed by atoms with Crippen molar-refractivity contribution in [1.29, 1.82) is 0 Å². The highest BCUT2D eigenvalue weighted by Gasteiger charge is 2.25. The van der Waals surface area contributed by atoms with Crippen molar-refractivity contribution in [1.82, 2.24) is 0 Å². The van der Waals surface area contributed by atoms with E-state index >= 15 is 0 Å². The van der Waals surface area contributed by atoms with Gasteiger partial charge in [-0.25, -0.2) is 4.79 Å². The Morgan fingerprint density at radius 3 is 2.62 bits per heavy atom. The lowest BCUT2D eigenvalue weighted by Gasteiger charge is -2.17. The summed E-state index contributed by atoms with van der Waals surface area (Å²) in [6.45, 7) is 0.516. The Balaban J connectivity index is 1.68. The predicted molar refractivity (Wildman–Crippen MR) is 90.8 cm³/mol. The SMILES string of the molecule is COC(=O)c1ccc2c(c1)CCN2C(=O)COc1ccc(Cl)cc1. The van der Waals surface area contributed by atoms with E-state index < -0.39 is 0 Å². The molecule has 0 fully saturated rings. The number of hydrogen-bond donors (Lipinski definition) is 0. The van der Waals surface area contributed by atoms with Crippen LogP contribution in [0.3, 0.4) is 0 Å². The first-order valence-electron chi connectivity index (χ1n) is 7.48. The number of esters is 1. The van der Waals surface area contributed by atoms with Crippen LogP contribution in [0.4, 0.5) is 5.69 Å². The average molecular weight is 346 g/mol. The van der Waals surface area contributed by atoms with Gasteiger partial charge in [0.15, 0.2) is 6.61 Å². The zero-order valence-corrected chi connectivity index (χ0v) is 13.9. The molecule has 0 aliphatic carbocycles. The summed E-state index contributed by atoms with van der Waals surface area (Å²) in [5.41, 5.74) is 2.26. The molecule has 0 bridgehead atoms. The fourth-order valence-electron chi connectivity index (χ4n) is 2.66. The molecule has 0 saturated heterocycles. The van der Waals surface area contributed by atoms with Gasteiger partial charge < -0.3 is 14.4 Å². The van der Waals surface area contributed by atoms with Crippen molar-refractivity contribution in [2.24, 2.45) is 0 Å². The maximum absolute atomic E-state index is 12.4. The molecule has 1 aliphatic rings. The van der Waals surface area contributed by atoms with Crippen LogP contribution in [0.25, 0.3) is 0 Å². The summed E-state index contributed by atoms with van der Waals surface area (Å²) in [5.74, 6) is 0.0800. The number of fused-ring (bicyclic) bond motifs is 1. The van der Waals surface area contributed by atoms with Crippen LogP contribution in [0, 0.1) is 0 Å². The van der Waals surface area contributed by atoms with Crippen LogP contribution in [-0.4, -0.2) is 32.1 Å². The molecule has 0 N–H and O–H groups in total. The third-order valence-electron chi connectivity index (χ3n) is 3.87. The van der Waals surface area contributed by atoms with Gasteiger partial charge >= 0.3 is 5.97 Å². The minimum absolute atomic E-state index is 0.0557. The van der Waals surface area contributed by atoms with E-state index in [2.05, 4.69) is 0 Å². The molecule has 2 aromatic carbocycles. The molecule has 2 aromatic rings. The summed E-state index contributed by atoms with van der Waals surface area (Å²) < 4.78 is 10.2. The van der Waals surface area contributed by atoms with E-state index in [9.17, 15) is 9.59 Å². The summed E-state index contributed by atoms with van der Waals surface area (Å²) >= 11 is 5.82. The van der Waals surface area contributed by atoms with Gasteiger partial charge in [0.25, 0.3) is 5.91 Å². The largest absolute Gasteiger partial charge is 0.484 e. The number of rotatable bonds is 4. The number of nitrogens with zero attached hydrogens (tertiary/aromatic N) is 1. The molecule has 0 spiro atoms. The van der Waals surface area contributed by atoms with Crippen molar-refractivity contribution in [3.63, 3.8) is 0 Å². The average Bonchev–Trinajstić information content (AvgIpc) is 3.03. The Hall–Kier alpha value is -2.53. The highest BCUT2D eigenvalue weighted by Crippen LogP contribution is 2.29. The van der Waals surface area contributed by atoms with Gasteiger partial charge in [-0.1, -0.05) is 11.6 Å². The number of halogens is 1. The Bertz CT molecular complexity index is 773. The topological polar surface area (TPSA) is 55.8 Å². The summed E-state index contributed by atoms with van der Waals surface area (Å²) in [4.78, 5) is 25.7. The molecule has 0 aromatic heterocycles. The van der Waals surface area contributed by atoms with Gasteiger partial charge in [-0.2, -0.15) is 0 Å². The summed E-state index contributed by atoms with van der Waals surface area (Å²) in [6.07, 6.45) is 0.701. The second-order valence-corrected chi connectivity index (χ2v) is 5.81. The number of ether oxygens (including phenoxy) is 2.